The lowest BCUT2D eigenvalue weighted by atomic mass is 9.95. The Morgan fingerprint density at radius 1 is 1.18 bits per heavy atom. The van der Waals surface area contributed by atoms with E-state index >= 15 is 0 Å². The lowest BCUT2D eigenvalue weighted by molar-refractivity contribution is 0.00567. The molecule has 94 valence electrons. The first kappa shape index (κ1) is 12.2. The third-order valence-electron chi connectivity index (χ3n) is 3.27. The molecule has 1 saturated carbocycles. The molecular weight excluding hydrogens is 216 g/mol. The van der Waals surface area contributed by atoms with Gasteiger partial charge in [0.1, 0.15) is 6.10 Å². The highest BCUT2D eigenvalue weighted by molar-refractivity contribution is 5.42. The molecular formula is C14H20O3. The van der Waals surface area contributed by atoms with Gasteiger partial charge in [-0.15, -0.1) is 0 Å². The lowest BCUT2D eigenvalue weighted by Crippen LogP contribution is -2.34. The van der Waals surface area contributed by atoms with E-state index in [0.717, 1.165) is 42.7 Å². The molecule has 17 heavy (non-hydrogen) atoms. The van der Waals surface area contributed by atoms with Crippen LogP contribution in [0.2, 0.25) is 0 Å². The number of benzene rings is 1. The smallest absolute Gasteiger partial charge is 0.161 e. The van der Waals surface area contributed by atoms with Crippen LogP contribution in [-0.4, -0.2) is 24.4 Å². The standard InChI is InChI=1S/C14H20O3/c1-10-7-8-13(14(9-10)16-2)17-12-6-4-3-5-11(12)15/h7-9,11-12,15H,3-6H2,1-2H3/t11-,12-/m1/s1. The number of methoxy groups -OCH3 is 1. The number of aryl methyl sites for hydroxylation is 1. The van der Waals surface area contributed by atoms with Crippen LogP contribution in [0.4, 0.5) is 0 Å². The molecule has 2 atom stereocenters. The molecule has 3 nitrogen and oxygen atoms in total. The first-order valence-electron chi connectivity index (χ1n) is 6.20. The molecule has 0 spiro atoms. The predicted molar refractivity (Wildman–Crippen MR) is 66.6 cm³/mol. The summed E-state index contributed by atoms with van der Waals surface area (Å²) in [7, 11) is 1.64. The molecule has 1 fully saturated rings. The van der Waals surface area contributed by atoms with E-state index in [1.54, 1.807) is 7.11 Å². The first-order valence-corrected chi connectivity index (χ1v) is 6.20. The molecule has 0 heterocycles. The van der Waals surface area contributed by atoms with E-state index in [1.165, 1.54) is 0 Å². The Morgan fingerprint density at radius 3 is 2.65 bits per heavy atom. The van der Waals surface area contributed by atoms with Crippen molar-refractivity contribution >= 4 is 0 Å². The Hall–Kier alpha value is -1.22. The Bertz CT molecular complexity index is 376. The second-order valence-electron chi connectivity index (χ2n) is 4.66. The zero-order valence-corrected chi connectivity index (χ0v) is 10.5. The lowest BCUT2D eigenvalue weighted by Gasteiger charge is -2.28. The van der Waals surface area contributed by atoms with Crippen LogP contribution in [-0.2, 0) is 0 Å². The molecule has 1 N–H and O–H groups in total. The summed E-state index contributed by atoms with van der Waals surface area (Å²) < 4.78 is 11.2. The van der Waals surface area contributed by atoms with Crippen molar-refractivity contribution in [1.29, 1.82) is 0 Å². The van der Waals surface area contributed by atoms with Gasteiger partial charge in [-0.05, 0) is 43.9 Å². The SMILES string of the molecule is COc1cc(C)ccc1O[C@@H]1CCCC[C@H]1O. The normalized spacial score (nSPS) is 24.4. The molecule has 0 unspecified atom stereocenters. The van der Waals surface area contributed by atoms with Crippen molar-refractivity contribution in [3.63, 3.8) is 0 Å². The Morgan fingerprint density at radius 2 is 1.94 bits per heavy atom. The summed E-state index contributed by atoms with van der Waals surface area (Å²) in [6.45, 7) is 2.02. The zero-order chi connectivity index (χ0) is 12.3. The van der Waals surface area contributed by atoms with Crippen molar-refractivity contribution in [2.45, 2.75) is 44.8 Å². The molecule has 0 aromatic heterocycles. The van der Waals surface area contributed by atoms with Gasteiger partial charge in [-0.1, -0.05) is 12.5 Å². The second kappa shape index (κ2) is 5.41. The van der Waals surface area contributed by atoms with E-state index in [9.17, 15) is 5.11 Å². The number of hydrogen-bond acceptors (Lipinski definition) is 3. The first-order chi connectivity index (χ1) is 8.20. The van der Waals surface area contributed by atoms with Crippen molar-refractivity contribution < 1.29 is 14.6 Å². The van der Waals surface area contributed by atoms with Crippen LogP contribution < -0.4 is 9.47 Å². The third kappa shape index (κ3) is 2.91. The molecule has 0 aliphatic heterocycles. The fraction of sp³-hybridized carbons (Fsp3) is 0.571. The van der Waals surface area contributed by atoms with Crippen LogP contribution in [0.3, 0.4) is 0 Å². The van der Waals surface area contributed by atoms with E-state index in [2.05, 4.69) is 0 Å². The molecule has 2 rings (SSSR count). The van der Waals surface area contributed by atoms with Gasteiger partial charge in [-0.25, -0.2) is 0 Å². The molecule has 1 aromatic rings. The van der Waals surface area contributed by atoms with Crippen LogP contribution in [0, 0.1) is 6.92 Å². The third-order valence-corrected chi connectivity index (χ3v) is 3.27. The van der Waals surface area contributed by atoms with Crippen LogP contribution in [0.5, 0.6) is 11.5 Å². The maximum atomic E-state index is 9.88. The number of rotatable bonds is 3. The number of hydrogen-bond donors (Lipinski definition) is 1. The topological polar surface area (TPSA) is 38.7 Å². The Labute approximate surface area is 102 Å². The van der Waals surface area contributed by atoms with Gasteiger partial charge in [0.25, 0.3) is 0 Å². The molecule has 0 saturated heterocycles. The Balaban J connectivity index is 2.11. The fourth-order valence-corrected chi connectivity index (χ4v) is 2.25. The van der Waals surface area contributed by atoms with Gasteiger partial charge in [-0.2, -0.15) is 0 Å². The summed E-state index contributed by atoms with van der Waals surface area (Å²) in [5.41, 5.74) is 1.14. The molecule has 0 radical (unpaired) electrons. The minimum absolute atomic E-state index is 0.0969. The van der Waals surface area contributed by atoms with Crippen LogP contribution >= 0.6 is 0 Å². The van der Waals surface area contributed by atoms with E-state index in [1.807, 2.05) is 25.1 Å². The Kier molecular flexibility index (Phi) is 3.89. The van der Waals surface area contributed by atoms with Gasteiger partial charge in [-0.3, -0.25) is 0 Å². The fourth-order valence-electron chi connectivity index (χ4n) is 2.25. The van der Waals surface area contributed by atoms with Gasteiger partial charge >= 0.3 is 0 Å². The summed E-state index contributed by atoms with van der Waals surface area (Å²) in [5.74, 6) is 1.46. The summed E-state index contributed by atoms with van der Waals surface area (Å²) >= 11 is 0. The van der Waals surface area contributed by atoms with Gasteiger partial charge < -0.3 is 14.6 Å². The van der Waals surface area contributed by atoms with Gasteiger partial charge in [0.2, 0.25) is 0 Å². The van der Waals surface area contributed by atoms with Crippen LogP contribution in [0.25, 0.3) is 0 Å². The van der Waals surface area contributed by atoms with E-state index < -0.39 is 0 Å². The summed E-state index contributed by atoms with van der Waals surface area (Å²) in [4.78, 5) is 0. The number of ether oxygens (including phenoxy) is 2. The van der Waals surface area contributed by atoms with E-state index in [-0.39, 0.29) is 12.2 Å². The quantitative estimate of drug-likeness (QED) is 0.877. The highest BCUT2D eigenvalue weighted by Gasteiger charge is 2.25. The average molecular weight is 236 g/mol. The highest BCUT2D eigenvalue weighted by Crippen LogP contribution is 2.31. The molecule has 1 aliphatic carbocycles. The minimum Gasteiger partial charge on any atom is -0.493 e. The largest absolute Gasteiger partial charge is 0.493 e. The molecule has 1 aromatic carbocycles. The van der Waals surface area contributed by atoms with Crippen molar-refractivity contribution in [2.75, 3.05) is 7.11 Å². The maximum Gasteiger partial charge on any atom is 0.161 e. The summed E-state index contributed by atoms with van der Waals surface area (Å²) in [6.07, 6.45) is 3.51. The number of aliphatic hydroxyl groups excluding tert-OH is 1. The maximum absolute atomic E-state index is 9.88. The van der Waals surface area contributed by atoms with Crippen molar-refractivity contribution in [3.8, 4) is 11.5 Å². The van der Waals surface area contributed by atoms with Gasteiger partial charge in [0.15, 0.2) is 11.5 Å². The van der Waals surface area contributed by atoms with E-state index in [4.69, 9.17) is 9.47 Å². The van der Waals surface area contributed by atoms with Crippen molar-refractivity contribution in [3.05, 3.63) is 23.8 Å². The molecule has 1 aliphatic rings. The summed E-state index contributed by atoms with van der Waals surface area (Å²) in [5, 5.41) is 9.88. The average Bonchev–Trinajstić information content (AvgIpc) is 2.34. The minimum atomic E-state index is -0.352. The zero-order valence-electron chi connectivity index (χ0n) is 10.5. The summed E-state index contributed by atoms with van der Waals surface area (Å²) in [6, 6.07) is 5.85. The number of aliphatic hydroxyl groups is 1. The molecule has 3 heteroatoms. The monoisotopic (exact) mass is 236 g/mol. The highest BCUT2D eigenvalue weighted by atomic mass is 16.5. The van der Waals surface area contributed by atoms with Gasteiger partial charge in [0.05, 0.1) is 13.2 Å². The van der Waals surface area contributed by atoms with Crippen molar-refractivity contribution in [2.24, 2.45) is 0 Å². The second-order valence-corrected chi connectivity index (χ2v) is 4.66. The predicted octanol–water partition coefficient (Wildman–Crippen LogP) is 2.69. The van der Waals surface area contributed by atoms with Gasteiger partial charge in [0, 0.05) is 0 Å². The van der Waals surface area contributed by atoms with Crippen LogP contribution in [0.15, 0.2) is 18.2 Å². The van der Waals surface area contributed by atoms with Crippen LogP contribution in [0.1, 0.15) is 31.2 Å². The molecule has 0 bridgehead atoms. The van der Waals surface area contributed by atoms with E-state index in [0.29, 0.717) is 0 Å². The molecule has 0 amide bonds. The van der Waals surface area contributed by atoms with Crippen molar-refractivity contribution in [1.82, 2.24) is 0 Å².